The van der Waals surface area contributed by atoms with E-state index in [1.165, 1.54) is 6.07 Å². The molecule has 2 rings (SSSR count). The first-order valence-electron chi connectivity index (χ1n) is 6.21. The quantitative estimate of drug-likeness (QED) is 0.663. The first kappa shape index (κ1) is 17.1. The summed E-state index contributed by atoms with van der Waals surface area (Å²) in [5.74, 6) is -1.31. The molecule has 0 fully saturated rings. The van der Waals surface area contributed by atoms with Crippen LogP contribution in [0.4, 0.5) is 17.6 Å². The normalized spacial score (nSPS) is 11.2. The molecule has 124 valence electrons. The maximum absolute atomic E-state index is 14.1. The summed E-state index contributed by atoms with van der Waals surface area (Å²) in [7, 11) is 0.757. The van der Waals surface area contributed by atoms with E-state index in [0.717, 1.165) is 7.05 Å². The van der Waals surface area contributed by atoms with Crippen molar-refractivity contribution in [3.63, 3.8) is 0 Å². The molecule has 0 aliphatic rings. The molecule has 1 heterocycles. The van der Waals surface area contributed by atoms with Crippen LogP contribution in [-0.4, -0.2) is 15.8 Å². The second-order valence-electron chi connectivity index (χ2n) is 4.69. The molecule has 10 heteroatoms. The van der Waals surface area contributed by atoms with E-state index in [1.807, 2.05) is 0 Å². The van der Waals surface area contributed by atoms with Crippen LogP contribution in [0.2, 0.25) is 0 Å². The summed E-state index contributed by atoms with van der Waals surface area (Å²) in [5, 5.41) is 8.79. The van der Waals surface area contributed by atoms with Gasteiger partial charge in [-0.3, -0.25) is 19.1 Å². The molecule has 0 radical (unpaired) electrons. The van der Waals surface area contributed by atoms with E-state index in [2.05, 4.69) is 0 Å². The highest BCUT2D eigenvalue weighted by Gasteiger charge is 2.39. The molecule has 1 aromatic heterocycles. The average Bonchev–Trinajstić information content (AvgIpc) is 2.49. The number of halogens is 4. The number of nitrogens with one attached hydrogen (secondary N) is 1. The van der Waals surface area contributed by atoms with Gasteiger partial charge >= 0.3 is 11.9 Å². The molecule has 2 aromatic rings. The number of aromatic nitrogens is 2. The minimum atomic E-state index is -5.14. The molecule has 1 aromatic carbocycles. The fourth-order valence-corrected chi connectivity index (χ4v) is 2.18. The van der Waals surface area contributed by atoms with Gasteiger partial charge < -0.3 is 0 Å². The molecule has 0 amide bonds. The van der Waals surface area contributed by atoms with E-state index >= 15 is 0 Å². The van der Waals surface area contributed by atoms with Crippen LogP contribution in [0, 0.1) is 17.1 Å². The maximum Gasteiger partial charge on any atom is 0.432 e. The van der Waals surface area contributed by atoms with Gasteiger partial charge in [0.25, 0.3) is 5.56 Å². The number of nitrogens with zero attached hydrogens (tertiary/aromatic N) is 2. The summed E-state index contributed by atoms with van der Waals surface area (Å²) in [4.78, 5) is 35.9. The predicted molar refractivity (Wildman–Crippen MR) is 72.8 cm³/mol. The highest BCUT2D eigenvalue weighted by molar-refractivity contribution is 5.83. The van der Waals surface area contributed by atoms with Crippen molar-refractivity contribution >= 4 is 6.29 Å². The van der Waals surface area contributed by atoms with Gasteiger partial charge in [-0.2, -0.15) is 18.4 Å². The van der Waals surface area contributed by atoms with Gasteiger partial charge in [-0.25, -0.2) is 9.18 Å². The van der Waals surface area contributed by atoms with Crippen LogP contribution in [0.15, 0.2) is 21.7 Å². The monoisotopic (exact) mass is 341 g/mol. The summed E-state index contributed by atoms with van der Waals surface area (Å²) >= 11 is 0. The Balaban J connectivity index is 3.02. The molecule has 0 saturated heterocycles. The molecule has 0 saturated carbocycles. The lowest BCUT2D eigenvalue weighted by Crippen LogP contribution is -2.35. The highest BCUT2D eigenvalue weighted by atomic mass is 19.4. The molecule has 24 heavy (non-hydrogen) atoms. The van der Waals surface area contributed by atoms with E-state index in [1.54, 1.807) is 4.98 Å². The second-order valence-corrected chi connectivity index (χ2v) is 4.69. The number of hydrogen-bond acceptors (Lipinski definition) is 4. The molecule has 0 unspecified atom stereocenters. The van der Waals surface area contributed by atoms with Crippen LogP contribution in [0.1, 0.15) is 21.6 Å². The number of hydrogen-bond donors (Lipinski definition) is 1. The molecule has 0 bridgehead atoms. The Labute approximate surface area is 130 Å². The molecule has 0 aliphatic carbocycles. The van der Waals surface area contributed by atoms with Crippen molar-refractivity contribution in [3.8, 4) is 17.2 Å². The number of carbonyl (C=O) groups excluding carboxylic acids is 1. The third-order valence-electron chi connectivity index (χ3n) is 3.25. The number of H-pyrrole nitrogens is 1. The van der Waals surface area contributed by atoms with Crippen LogP contribution >= 0.6 is 0 Å². The van der Waals surface area contributed by atoms with Crippen LogP contribution in [0.5, 0.6) is 0 Å². The summed E-state index contributed by atoms with van der Waals surface area (Å²) < 4.78 is 54.0. The lowest BCUT2D eigenvalue weighted by Gasteiger charge is -2.16. The largest absolute Gasteiger partial charge is 0.432 e. The number of aldehydes is 1. The van der Waals surface area contributed by atoms with Crippen molar-refractivity contribution in [2.45, 2.75) is 6.18 Å². The van der Waals surface area contributed by atoms with Crippen molar-refractivity contribution in [2.75, 3.05) is 0 Å². The van der Waals surface area contributed by atoms with Crippen molar-refractivity contribution < 1.29 is 22.4 Å². The molecule has 0 aliphatic heterocycles. The summed E-state index contributed by atoms with van der Waals surface area (Å²) in [6.07, 6.45) is -5.00. The smallest absolute Gasteiger partial charge is 0.298 e. The lowest BCUT2D eigenvalue weighted by molar-refractivity contribution is -0.143. The summed E-state index contributed by atoms with van der Waals surface area (Å²) in [5.41, 5.74) is -7.27. The number of nitriles is 1. The minimum absolute atomic E-state index is 0.120. The van der Waals surface area contributed by atoms with Crippen LogP contribution in [0.25, 0.3) is 11.1 Å². The molecule has 6 nitrogen and oxygen atoms in total. The SMILES string of the molecule is Cn1c(C(F)(F)F)c(-c2cc(C=O)c(C#N)cc2F)c(=O)[nH]c1=O. The second kappa shape index (κ2) is 5.77. The fraction of sp³-hybridized carbons (Fsp3) is 0.143. The number of alkyl halides is 3. The van der Waals surface area contributed by atoms with E-state index in [0.29, 0.717) is 12.1 Å². The zero-order chi connectivity index (χ0) is 18.2. The lowest BCUT2D eigenvalue weighted by atomic mass is 9.98. The van der Waals surface area contributed by atoms with Gasteiger partial charge in [0, 0.05) is 18.2 Å². The first-order chi connectivity index (χ1) is 11.1. The maximum atomic E-state index is 14.1. The third-order valence-corrected chi connectivity index (χ3v) is 3.25. The topological polar surface area (TPSA) is 95.7 Å². The highest BCUT2D eigenvalue weighted by Crippen LogP contribution is 2.35. The zero-order valence-corrected chi connectivity index (χ0v) is 11.9. The Hall–Kier alpha value is -3.22. The number of benzene rings is 1. The van der Waals surface area contributed by atoms with E-state index in [9.17, 15) is 31.9 Å². The Morgan fingerprint density at radius 1 is 1.29 bits per heavy atom. The Morgan fingerprint density at radius 3 is 2.42 bits per heavy atom. The average molecular weight is 341 g/mol. The molecule has 0 atom stereocenters. The predicted octanol–water partition coefficient (Wildman–Crippen LogP) is 1.58. The molecule has 0 spiro atoms. The summed E-state index contributed by atoms with van der Waals surface area (Å²) in [6.45, 7) is 0. The third kappa shape index (κ3) is 2.71. The van der Waals surface area contributed by atoms with E-state index in [-0.39, 0.29) is 10.9 Å². The van der Waals surface area contributed by atoms with E-state index < -0.39 is 51.2 Å². The van der Waals surface area contributed by atoms with Gasteiger partial charge in [-0.05, 0) is 12.1 Å². The van der Waals surface area contributed by atoms with Crippen molar-refractivity contribution in [2.24, 2.45) is 7.05 Å². The van der Waals surface area contributed by atoms with Gasteiger partial charge in [0.1, 0.15) is 11.5 Å². The van der Waals surface area contributed by atoms with Gasteiger partial charge in [0.2, 0.25) is 0 Å². The molecular formula is C14H7F4N3O3. The Kier molecular flexibility index (Phi) is 4.12. The van der Waals surface area contributed by atoms with Crippen molar-refractivity contribution in [1.82, 2.24) is 9.55 Å². The molecular weight excluding hydrogens is 334 g/mol. The van der Waals surface area contributed by atoms with Crippen molar-refractivity contribution in [1.29, 1.82) is 5.26 Å². The van der Waals surface area contributed by atoms with Crippen molar-refractivity contribution in [3.05, 3.63) is 55.6 Å². The number of rotatable bonds is 2. The fourth-order valence-electron chi connectivity index (χ4n) is 2.18. The zero-order valence-electron chi connectivity index (χ0n) is 11.9. The Bertz CT molecular complexity index is 997. The van der Waals surface area contributed by atoms with Crippen LogP contribution in [-0.2, 0) is 13.2 Å². The van der Waals surface area contributed by atoms with Gasteiger partial charge in [-0.15, -0.1) is 0 Å². The molecule has 1 N–H and O–H groups in total. The number of aromatic amines is 1. The summed E-state index contributed by atoms with van der Waals surface area (Å²) in [6, 6.07) is 2.71. The number of carbonyl (C=O) groups is 1. The first-order valence-corrected chi connectivity index (χ1v) is 6.21. The van der Waals surface area contributed by atoms with Gasteiger partial charge in [0.05, 0.1) is 17.2 Å². The Morgan fingerprint density at radius 2 is 1.92 bits per heavy atom. The van der Waals surface area contributed by atoms with E-state index in [4.69, 9.17) is 5.26 Å². The van der Waals surface area contributed by atoms with Crippen LogP contribution < -0.4 is 11.2 Å². The minimum Gasteiger partial charge on any atom is -0.298 e. The van der Waals surface area contributed by atoms with Gasteiger partial charge in [-0.1, -0.05) is 0 Å². The van der Waals surface area contributed by atoms with Crippen LogP contribution in [0.3, 0.4) is 0 Å². The van der Waals surface area contributed by atoms with Gasteiger partial charge in [0.15, 0.2) is 6.29 Å². The standard InChI is InChI=1S/C14H7F4N3O3/c1-21-11(14(16,17)18)10(12(23)20-13(21)24)8-2-7(5-22)6(4-19)3-9(8)15/h2-3,5H,1H3,(H,20,23,24).